The number of thiophene rings is 1. The van der Waals surface area contributed by atoms with Crippen LogP contribution in [0.2, 0.25) is 0 Å². The Balaban J connectivity index is 1.73. The summed E-state index contributed by atoms with van der Waals surface area (Å²) < 4.78 is 12.9. The van der Waals surface area contributed by atoms with Gasteiger partial charge in [-0.1, -0.05) is 6.07 Å². The molecule has 1 aliphatic rings. The first-order chi connectivity index (χ1) is 15.5. The monoisotopic (exact) mass is 454 g/mol. The molecule has 2 unspecified atom stereocenters. The molecule has 2 atom stereocenters. The van der Waals surface area contributed by atoms with E-state index in [2.05, 4.69) is 4.98 Å². The largest absolute Gasteiger partial charge is 0.497 e. The van der Waals surface area contributed by atoms with Crippen LogP contribution < -0.4 is 14.0 Å². The van der Waals surface area contributed by atoms with E-state index < -0.39 is 23.7 Å². The molecule has 4 rings (SSSR count). The summed E-state index contributed by atoms with van der Waals surface area (Å²) in [4.78, 5) is 44.4. The third-order valence-corrected chi connectivity index (χ3v) is 6.51. The number of aryl methyl sites for hydroxylation is 1. The van der Waals surface area contributed by atoms with Crippen molar-refractivity contribution in [3.8, 4) is 11.5 Å². The second-order valence-electron chi connectivity index (χ2n) is 7.44. The number of carbonyl (C=O) groups excluding carboxylic acids is 3. The Morgan fingerprint density at radius 1 is 1.22 bits per heavy atom. The minimum Gasteiger partial charge on any atom is -0.497 e. The van der Waals surface area contributed by atoms with E-state index in [4.69, 9.17) is 9.47 Å². The summed E-state index contributed by atoms with van der Waals surface area (Å²) in [6.45, 7) is 0.981. The van der Waals surface area contributed by atoms with Crippen LogP contribution in [0.1, 0.15) is 27.7 Å². The highest BCUT2D eigenvalue weighted by Crippen LogP contribution is 2.43. The Morgan fingerprint density at radius 3 is 2.72 bits per heavy atom. The molecule has 0 aliphatic carbocycles. The van der Waals surface area contributed by atoms with Gasteiger partial charge in [-0.15, -0.1) is 11.3 Å². The number of H-pyrrole nitrogens is 1. The van der Waals surface area contributed by atoms with E-state index >= 15 is 0 Å². The minimum atomic E-state index is -1.14. The Bertz CT molecular complexity index is 1110. The van der Waals surface area contributed by atoms with E-state index in [0.717, 1.165) is 0 Å². The first kappa shape index (κ1) is 21.8. The van der Waals surface area contributed by atoms with Crippen molar-refractivity contribution in [1.29, 1.82) is 0 Å². The van der Waals surface area contributed by atoms with Gasteiger partial charge in [-0.25, -0.2) is 4.57 Å². The lowest BCUT2D eigenvalue weighted by Crippen LogP contribution is -2.36. The molecule has 1 aromatic carbocycles. The molecular formula is C23H24N3O5S+. The first-order valence-corrected chi connectivity index (χ1v) is 11.1. The summed E-state index contributed by atoms with van der Waals surface area (Å²) in [5.41, 5.74) is 0.579. The Labute approximate surface area is 189 Å². The number of amides is 1. The zero-order chi connectivity index (χ0) is 22.7. The third kappa shape index (κ3) is 4.03. The second kappa shape index (κ2) is 9.35. The number of aromatic nitrogens is 2. The SMILES string of the molecule is COc1ccc(OC)c(C2C(C(=O)c3cccs3)C(=O)C(=O)N2CCC[n+]2cc[nH]c2)c1. The number of aromatic amines is 1. The second-order valence-corrected chi connectivity index (χ2v) is 8.39. The van der Waals surface area contributed by atoms with Crippen LogP contribution in [0.3, 0.4) is 0 Å². The van der Waals surface area contributed by atoms with Crippen LogP contribution in [-0.4, -0.2) is 48.1 Å². The molecule has 9 heteroatoms. The van der Waals surface area contributed by atoms with Crippen molar-refractivity contribution < 1.29 is 28.4 Å². The predicted molar refractivity (Wildman–Crippen MR) is 117 cm³/mol. The first-order valence-electron chi connectivity index (χ1n) is 10.2. The fraction of sp³-hybridized carbons (Fsp3) is 0.304. The van der Waals surface area contributed by atoms with E-state index in [9.17, 15) is 14.4 Å². The van der Waals surface area contributed by atoms with Crippen molar-refractivity contribution in [2.24, 2.45) is 5.92 Å². The van der Waals surface area contributed by atoms with E-state index in [1.807, 2.05) is 23.3 Å². The molecule has 1 amide bonds. The summed E-state index contributed by atoms with van der Waals surface area (Å²) in [7, 11) is 3.06. The normalized spacial score (nSPS) is 18.2. The summed E-state index contributed by atoms with van der Waals surface area (Å²) >= 11 is 1.26. The van der Waals surface area contributed by atoms with Gasteiger partial charge >= 0.3 is 0 Å². The molecule has 166 valence electrons. The van der Waals surface area contributed by atoms with Crippen molar-refractivity contribution in [3.63, 3.8) is 0 Å². The number of hydrogen-bond acceptors (Lipinski definition) is 6. The molecule has 0 radical (unpaired) electrons. The van der Waals surface area contributed by atoms with Gasteiger partial charge in [0.05, 0.1) is 31.7 Å². The molecule has 1 fully saturated rings. The topological polar surface area (TPSA) is 92.6 Å². The van der Waals surface area contributed by atoms with Crippen molar-refractivity contribution in [3.05, 3.63) is 64.9 Å². The van der Waals surface area contributed by atoms with Crippen LogP contribution in [0.15, 0.2) is 54.4 Å². The molecule has 1 N–H and O–H groups in total. The van der Waals surface area contributed by atoms with Crippen LogP contribution >= 0.6 is 11.3 Å². The molecule has 1 saturated heterocycles. The number of imidazole rings is 1. The number of ketones is 2. The number of carbonyl (C=O) groups is 3. The van der Waals surface area contributed by atoms with Crippen molar-refractivity contribution in [2.75, 3.05) is 20.8 Å². The standard InChI is InChI=1S/C23H23N3O5S/c1-30-15-6-7-17(31-2)16(13-15)20-19(21(27)18-5-3-12-32-18)22(28)23(29)26(20)10-4-9-25-11-8-24-14-25/h3,5-8,11-14,19-20H,4,9-10H2,1-2H3/p+1. The molecular weight excluding hydrogens is 430 g/mol. The zero-order valence-electron chi connectivity index (χ0n) is 17.8. The number of hydrogen-bond donors (Lipinski definition) is 1. The number of ether oxygens (including phenoxy) is 2. The maximum Gasteiger partial charge on any atom is 0.291 e. The third-order valence-electron chi connectivity index (χ3n) is 5.63. The van der Waals surface area contributed by atoms with Gasteiger partial charge in [0.1, 0.15) is 29.8 Å². The molecule has 3 heterocycles. The molecule has 32 heavy (non-hydrogen) atoms. The lowest BCUT2D eigenvalue weighted by atomic mass is 9.88. The smallest absolute Gasteiger partial charge is 0.291 e. The number of nitrogens with zero attached hydrogens (tertiary/aromatic N) is 2. The van der Waals surface area contributed by atoms with E-state index in [0.29, 0.717) is 41.4 Å². The molecule has 1 aliphatic heterocycles. The fourth-order valence-electron chi connectivity index (χ4n) is 4.10. The highest BCUT2D eigenvalue weighted by atomic mass is 32.1. The Morgan fingerprint density at radius 2 is 2.06 bits per heavy atom. The summed E-state index contributed by atoms with van der Waals surface area (Å²) in [5.74, 6) is -1.77. The van der Waals surface area contributed by atoms with Gasteiger partial charge in [0.25, 0.3) is 5.91 Å². The van der Waals surface area contributed by atoms with Crippen molar-refractivity contribution in [2.45, 2.75) is 19.0 Å². The van der Waals surface area contributed by atoms with Crippen LogP contribution in [-0.2, 0) is 16.1 Å². The summed E-state index contributed by atoms with van der Waals surface area (Å²) in [6.07, 6.45) is 6.14. The highest BCUT2D eigenvalue weighted by Gasteiger charge is 2.52. The van der Waals surface area contributed by atoms with Gasteiger partial charge in [0.15, 0.2) is 5.78 Å². The quantitative estimate of drug-likeness (QED) is 0.232. The van der Waals surface area contributed by atoms with Crippen LogP contribution in [0, 0.1) is 5.92 Å². The molecule has 2 aromatic heterocycles. The zero-order valence-corrected chi connectivity index (χ0v) is 18.6. The molecule has 0 saturated carbocycles. The number of rotatable bonds is 9. The molecule has 3 aromatic rings. The number of Topliss-reactive ketones (excluding diaryl/α,β-unsaturated/α-hetero) is 2. The minimum absolute atomic E-state index is 0.321. The van der Waals surface area contributed by atoms with E-state index in [1.54, 1.807) is 35.7 Å². The van der Waals surface area contributed by atoms with Crippen LogP contribution in [0.4, 0.5) is 0 Å². The van der Waals surface area contributed by atoms with Crippen molar-refractivity contribution in [1.82, 2.24) is 9.88 Å². The van der Waals surface area contributed by atoms with Crippen LogP contribution in [0.25, 0.3) is 0 Å². The van der Waals surface area contributed by atoms with Gasteiger partial charge in [0, 0.05) is 18.5 Å². The number of benzene rings is 1. The predicted octanol–water partition coefficient (Wildman–Crippen LogP) is 2.42. The fourth-order valence-corrected chi connectivity index (χ4v) is 4.80. The maximum atomic E-state index is 13.3. The van der Waals surface area contributed by atoms with Gasteiger partial charge in [-0.2, -0.15) is 0 Å². The lowest BCUT2D eigenvalue weighted by molar-refractivity contribution is -0.695. The Kier molecular flexibility index (Phi) is 6.36. The van der Waals surface area contributed by atoms with E-state index in [1.165, 1.54) is 30.5 Å². The van der Waals surface area contributed by atoms with Gasteiger partial charge in [0.2, 0.25) is 12.1 Å². The average Bonchev–Trinajstić information content (AvgIpc) is 3.57. The van der Waals surface area contributed by atoms with Gasteiger partial charge < -0.3 is 14.4 Å². The number of methoxy groups -OCH3 is 2. The number of nitrogens with one attached hydrogen (secondary N) is 1. The molecule has 0 bridgehead atoms. The van der Waals surface area contributed by atoms with Crippen LogP contribution in [0.5, 0.6) is 11.5 Å². The summed E-state index contributed by atoms with van der Waals surface area (Å²) in [6, 6.07) is 7.86. The Hall–Kier alpha value is -3.46. The highest BCUT2D eigenvalue weighted by molar-refractivity contribution is 7.12. The summed E-state index contributed by atoms with van der Waals surface area (Å²) in [5, 5.41) is 1.78. The van der Waals surface area contributed by atoms with Gasteiger partial charge in [-0.3, -0.25) is 19.4 Å². The lowest BCUT2D eigenvalue weighted by Gasteiger charge is -2.28. The number of likely N-dealkylation sites (tertiary alicyclic amines) is 1. The van der Waals surface area contributed by atoms with Crippen molar-refractivity contribution >= 4 is 28.8 Å². The average molecular weight is 455 g/mol. The maximum absolute atomic E-state index is 13.3. The molecule has 8 nitrogen and oxygen atoms in total. The van der Waals surface area contributed by atoms with E-state index in [-0.39, 0.29) is 5.78 Å². The van der Waals surface area contributed by atoms with Gasteiger partial charge in [-0.05, 0) is 29.6 Å². The molecule has 0 spiro atoms.